The summed E-state index contributed by atoms with van der Waals surface area (Å²) in [7, 11) is 1.91. The fraction of sp³-hybridized carbons (Fsp3) is 0.353. The maximum Gasteiger partial charge on any atom is 0.161 e. The van der Waals surface area contributed by atoms with Crippen LogP contribution in [0.2, 0.25) is 0 Å². The molecular weight excluding hydrogens is 278 g/mol. The van der Waals surface area contributed by atoms with E-state index < -0.39 is 0 Å². The predicted molar refractivity (Wildman–Crippen MR) is 82.9 cm³/mol. The summed E-state index contributed by atoms with van der Waals surface area (Å²) in [6, 6.07) is 11.8. The summed E-state index contributed by atoms with van der Waals surface area (Å²) < 4.78 is 13.5. The van der Waals surface area contributed by atoms with Crippen LogP contribution in [-0.2, 0) is 13.6 Å². The molecule has 0 fully saturated rings. The van der Waals surface area contributed by atoms with Crippen LogP contribution in [0.5, 0.6) is 11.5 Å². The lowest BCUT2D eigenvalue weighted by Crippen LogP contribution is -2.38. The van der Waals surface area contributed by atoms with E-state index in [2.05, 4.69) is 11.4 Å². The third-order valence-corrected chi connectivity index (χ3v) is 4.01. The van der Waals surface area contributed by atoms with Crippen LogP contribution < -0.4 is 14.8 Å². The van der Waals surface area contributed by atoms with Crippen molar-refractivity contribution in [3.63, 3.8) is 0 Å². The molecular formula is C17H19N3O2. The van der Waals surface area contributed by atoms with E-state index in [4.69, 9.17) is 14.7 Å². The van der Waals surface area contributed by atoms with Gasteiger partial charge in [-0.1, -0.05) is 12.1 Å². The summed E-state index contributed by atoms with van der Waals surface area (Å²) in [5, 5.41) is 12.4. The highest BCUT2D eigenvalue weighted by molar-refractivity contribution is 5.40. The van der Waals surface area contributed by atoms with Crippen molar-refractivity contribution in [3.8, 4) is 17.6 Å². The molecule has 1 aliphatic rings. The molecule has 0 saturated carbocycles. The van der Waals surface area contributed by atoms with Crippen molar-refractivity contribution in [2.75, 3.05) is 13.2 Å². The van der Waals surface area contributed by atoms with E-state index in [0.29, 0.717) is 25.4 Å². The van der Waals surface area contributed by atoms with Crippen LogP contribution in [0.3, 0.4) is 0 Å². The van der Waals surface area contributed by atoms with Gasteiger partial charge in [-0.05, 0) is 30.7 Å². The fourth-order valence-corrected chi connectivity index (χ4v) is 2.58. The van der Waals surface area contributed by atoms with Gasteiger partial charge in [-0.25, -0.2) is 0 Å². The molecule has 2 aromatic rings. The van der Waals surface area contributed by atoms with Gasteiger partial charge in [-0.2, -0.15) is 5.26 Å². The molecule has 3 rings (SSSR count). The monoisotopic (exact) mass is 297 g/mol. The maximum atomic E-state index is 9.05. The number of nitrogens with one attached hydrogen (secondary N) is 1. The second-order valence-electron chi connectivity index (χ2n) is 5.44. The van der Waals surface area contributed by atoms with E-state index in [-0.39, 0.29) is 6.10 Å². The van der Waals surface area contributed by atoms with Crippen LogP contribution in [0.1, 0.15) is 17.0 Å². The van der Waals surface area contributed by atoms with Gasteiger partial charge in [0.2, 0.25) is 0 Å². The van der Waals surface area contributed by atoms with Gasteiger partial charge in [0, 0.05) is 25.8 Å². The Labute approximate surface area is 130 Å². The Morgan fingerprint density at radius 3 is 2.86 bits per heavy atom. The quantitative estimate of drug-likeness (QED) is 0.939. The largest absolute Gasteiger partial charge is 0.486 e. The molecule has 5 heteroatoms. The van der Waals surface area contributed by atoms with Gasteiger partial charge in [0.1, 0.15) is 24.5 Å². The Bertz CT molecular complexity index is 715. The number of nitriles is 1. The molecule has 0 saturated heterocycles. The van der Waals surface area contributed by atoms with Crippen molar-refractivity contribution in [2.24, 2.45) is 7.05 Å². The Morgan fingerprint density at radius 1 is 1.36 bits per heavy atom. The molecule has 0 spiro atoms. The highest BCUT2D eigenvalue weighted by Crippen LogP contribution is 2.30. The SMILES string of the molecule is Cc1c(CNC[C@@H]2COc3ccccc3O2)cc(C#N)n1C. The topological polar surface area (TPSA) is 59.2 Å². The van der Waals surface area contributed by atoms with Gasteiger partial charge >= 0.3 is 0 Å². The minimum atomic E-state index is -0.00523. The van der Waals surface area contributed by atoms with Crippen molar-refractivity contribution >= 4 is 0 Å². The standard InChI is InChI=1S/C17H19N3O2/c1-12-13(7-14(8-18)20(12)2)9-19-10-15-11-21-16-5-3-4-6-17(16)22-15/h3-7,15,19H,9-11H2,1-2H3/t15-/m1/s1. The molecule has 1 aliphatic heterocycles. The van der Waals surface area contributed by atoms with E-state index in [1.165, 1.54) is 0 Å². The second kappa shape index (κ2) is 6.12. The first-order valence-electron chi connectivity index (χ1n) is 7.33. The predicted octanol–water partition coefficient (Wildman–Crippen LogP) is 2.13. The third kappa shape index (κ3) is 2.78. The number of aromatic nitrogens is 1. The molecule has 22 heavy (non-hydrogen) atoms. The van der Waals surface area contributed by atoms with Gasteiger partial charge in [-0.3, -0.25) is 0 Å². The van der Waals surface area contributed by atoms with Crippen LogP contribution >= 0.6 is 0 Å². The summed E-state index contributed by atoms with van der Waals surface area (Å²) in [6.45, 7) is 3.98. The zero-order valence-electron chi connectivity index (χ0n) is 12.8. The summed E-state index contributed by atoms with van der Waals surface area (Å²) in [6.07, 6.45) is -0.00523. The first-order chi connectivity index (χ1) is 10.7. The van der Waals surface area contributed by atoms with E-state index in [1.54, 1.807) is 0 Å². The number of nitrogens with zero attached hydrogens (tertiary/aromatic N) is 2. The molecule has 114 valence electrons. The van der Waals surface area contributed by atoms with Crippen LogP contribution in [0.25, 0.3) is 0 Å². The Hall–Kier alpha value is -2.45. The van der Waals surface area contributed by atoms with E-state index in [9.17, 15) is 0 Å². The van der Waals surface area contributed by atoms with Crippen molar-refractivity contribution in [1.82, 2.24) is 9.88 Å². The Kier molecular flexibility index (Phi) is 4.03. The maximum absolute atomic E-state index is 9.05. The second-order valence-corrected chi connectivity index (χ2v) is 5.44. The summed E-state index contributed by atoms with van der Waals surface area (Å²) in [5.41, 5.74) is 2.92. The van der Waals surface area contributed by atoms with Crippen molar-refractivity contribution < 1.29 is 9.47 Å². The molecule has 0 amide bonds. The molecule has 1 N–H and O–H groups in total. The smallest absolute Gasteiger partial charge is 0.161 e. The average Bonchev–Trinajstić information content (AvgIpc) is 2.82. The van der Waals surface area contributed by atoms with E-state index >= 15 is 0 Å². The van der Waals surface area contributed by atoms with Gasteiger partial charge in [-0.15, -0.1) is 0 Å². The Balaban J connectivity index is 1.55. The molecule has 1 aromatic heterocycles. The molecule has 2 heterocycles. The lowest BCUT2D eigenvalue weighted by Gasteiger charge is -2.26. The van der Waals surface area contributed by atoms with E-state index in [0.717, 1.165) is 22.8 Å². The van der Waals surface area contributed by atoms with Crippen LogP contribution in [-0.4, -0.2) is 23.8 Å². The van der Waals surface area contributed by atoms with Gasteiger partial charge in [0.05, 0.1) is 0 Å². The third-order valence-electron chi connectivity index (χ3n) is 4.01. The fourth-order valence-electron chi connectivity index (χ4n) is 2.58. The summed E-state index contributed by atoms with van der Waals surface area (Å²) in [4.78, 5) is 0. The first-order valence-corrected chi connectivity index (χ1v) is 7.33. The van der Waals surface area contributed by atoms with E-state index in [1.807, 2.05) is 48.9 Å². The summed E-state index contributed by atoms with van der Waals surface area (Å²) >= 11 is 0. The molecule has 1 aromatic carbocycles. The summed E-state index contributed by atoms with van der Waals surface area (Å²) in [5.74, 6) is 1.60. The Morgan fingerprint density at radius 2 is 2.14 bits per heavy atom. The first kappa shape index (κ1) is 14.5. The number of para-hydroxylation sites is 2. The minimum Gasteiger partial charge on any atom is -0.486 e. The number of hydrogen-bond acceptors (Lipinski definition) is 4. The minimum absolute atomic E-state index is 0.00523. The number of benzene rings is 1. The van der Waals surface area contributed by atoms with Crippen LogP contribution in [0.4, 0.5) is 0 Å². The number of fused-ring (bicyclic) bond motifs is 1. The van der Waals surface area contributed by atoms with Crippen molar-refractivity contribution in [1.29, 1.82) is 5.26 Å². The van der Waals surface area contributed by atoms with Crippen molar-refractivity contribution in [3.05, 3.63) is 47.3 Å². The van der Waals surface area contributed by atoms with Gasteiger partial charge in [0.15, 0.2) is 11.5 Å². The molecule has 5 nitrogen and oxygen atoms in total. The molecule has 0 unspecified atom stereocenters. The van der Waals surface area contributed by atoms with Gasteiger partial charge < -0.3 is 19.4 Å². The number of hydrogen-bond donors (Lipinski definition) is 1. The molecule has 0 bridgehead atoms. The number of ether oxygens (including phenoxy) is 2. The van der Waals surface area contributed by atoms with Crippen molar-refractivity contribution in [2.45, 2.75) is 19.6 Å². The zero-order valence-corrected chi connectivity index (χ0v) is 12.8. The van der Waals surface area contributed by atoms with Gasteiger partial charge in [0.25, 0.3) is 0 Å². The highest BCUT2D eigenvalue weighted by atomic mass is 16.6. The average molecular weight is 297 g/mol. The zero-order chi connectivity index (χ0) is 15.5. The molecule has 0 radical (unpaired) electrons. The molecule has 1 atom stereocenters. The highest BCUT2D eigenvalue weighted by Gasteiger charge is 2.20. The number of rotatable bonds is 4. The molecule has 0 aliphatic carbocycles. The van der Waals surface area contributed by atoms with Crippen LogP contribution in [0.15, 0.2) is 30.3 Å². The lowest BCUT2D eigenvalue weighted by molar-refractivity contribution is 0.0902. The lowest BCUT2D eigenvalue weighted by atomic mass is 10.2. The normalized spacial score (nSPS) is 16.3. The van der Waals surface area contributed by atoms with Crippen LogP contribution in [0, 0.1) is 18.3 Å².